The van der Waals surface area contributed by atoms with Crippen molar-refractivity contribution in [3.05, 3.63) is 0 Å². The summed E-state index contributed by atoms with van der Waals surface area (Å²) in [5.74, 6) is 0.185. The van der Waals surface area contributed by atoms with Gasteiger partial charge in [0.1, 0.15) is 0 Å². The maximum Gasteiger partial charge on any atom is 0.214 e. The summed E-state index contributed by atoms with van der Waals surface area (Å²) < 4.78 is 24.1. The highest BCUT2D eigenvalue weighted by atomic mass is 32.2. The van der Waals surface area contributed by atoms with Crippen LogP contribution < -0.4 is 0 Å². The van der Waals surface area contributed by atoms with Gasteiger partial charge in [0, 0.05) is 12.5 Å². The Bertz CT molecular complexity index is 310. The number of sulfonamides is 1. The van der Waals surface area contributed by atoms with E-state index in [0.717, 1.165) is 6.42 Å². The minimum absolute atomic E-state index is 0.0259. The summed E-state index contributed by atoms with van der Waals surface area (Å²) in [5.41, 5.74) is 0. The van der Waals surface area contributed by atoms with E-state index in [9.17, 15) is 13.2 Å². The van der Waals surface area contributed by atoms with E-state index in [1.165, 1.54) is 4.31 Å². The molecule has 5 heteroatoms. The average Bonchev–Trinajstić information content (AvgIpc) is 2.44. The van der Waals surface area contributed by atoms with Gasteiger partial charge in [0.25, 0.3) is 0 Å². The zero-order valence-corrected chi connectivity index (χ0v) is 9.51. The first-order chi connectivity index (χ1) is 6.47. The van der Waals surface area contributed by atoms with Gasteiger partial charge in [-0.1, -0.05) is 13.8 Å². The van der Waals surface area contributed by atoms with Crippen molar-refractivity contribution in [2.75, 3.05) is 18.8 Å². The fourth-order valence-electron chi connectivity index (χ4n) is 1.43. The highest BCUT2D eigenvalue weighted by Crippen LogP contribution is 2.14. The Labute approximate surface area is 85.3 Å². The molecule has 1 fully saturated rings. The summed E-state index contributed by atoms with van der Waals surface area (Å²) >= 11 is 0. The van der Waals surface area contributed by atoms with Crippen LogP contribution >= 0.6 is 0 Å². The van der Waals surface area contributed by atoms with Crippen molar-refractivity contribution in [1.29, 1.82) is 0 Å². The van der Waals surface area contributed by atoms with Gasteiger partial charge in [-0.2, -0.15) is 4.31 Å². The second-order valence-corrected chi connectivity index (χ2v) is 5.87. The van der Waals surface area contributed by atoms with E-state index in [1.807, 2.05) is 13.8 Å². The van der Waals surface area contributed by atoms with Gasteiger partial charge >= 0.3 is 0 Å². The third-order valence-electron chi connectivity index (χ3n) is 2.70. The fraction of sp³-hybridized carbons (Fsp3) is 0.889. The lowest BCUT2D eigenvalue weighted by molar-refractivity contribution is -0.122. The predicted octanol–water partition coefficient (Wildman–Crippen LogP) is 0.637. The fourth-order valence-corrected chi connectivity index (χ4v) is 2.91. The number of carbonyl (C=O) groups excluding carboxylic acids is 1. The third kappa shape index (κ3) is 2.54. The van der Waals surface area contributed by atoms with Gasteiger partial charge in [0.05, 0.1) is 12.3 Å². The molecule has 1 aliphatic heterocycles. The molecule has 14 heavy (non-hydrogen) atoms. The Morgan fingerprint density at radius 3 is 2.57 bits per heavy atom. The zero-order chi connectivity index (χ0) is 10.8. The van der Waals surface area contributed by atoms with E-state index in [-0.39, 0.29) is 24.0 Å². The molecule has 1 heterocycles. The van der Waals surface area contributed by atoms with Crippen LogP contribution in [0.4, 0.5) is 0 Å². The molecule has 1 unspecified atom stereocenters. The number of Topliss-reactive ketones (excluding diaryl/α,β-unsaturated/α-hetero) is 1. The number of carbonyl (C=O) groups is 1. The Balaban J connectivity index is 2.57. The molecule has 0 aliphatic carbocycles. The van der Waals surface area contributed by atoms with Gasteiger partial charge in [-0.15, -0.1) is 0 Å². The molecule has 0 aromatic rings. The second-order valence-electron chi connectivity index (χ2n) is 3.78. The smallest absolute Gasteiger partial charge is 0.214 e. The lowest BCUT2D eigenvalue weighted by Crippen LogP contribution is -2.33. The summed E-state index contributed by atoms with van der Waals surface area (Å²) in [4.78, 5) is 11.5. The van der Waals surface area contributed by atoms with Gasteiger partial charge < -0.3 is 0 Å². The number of hydrogen-bond donors (Lipinski definition) is 0. The van der Waals surface area contributed by atoms with E-state index in [2.05, 4.69) is 0 Å². The van der Waals surface area contributed by atoms with Crippen LogP contribution in [0, 0.1) is 5.92 Å². The van der Waals surface area contributed by atoms with Crippen LogP contribution in [0.2, 0.25) is 0 Å². The molecule has 0 N–H and O–H groups in total. The Morgan fingerprint density at radius 1 is 1.50 bits per heavy atom. The Hall–Kier alpha value is -0.420. The number of hydrogen-bond acceptors (Lipinski definition) is 3. The van der Waals surface area contributed by atoms with Crippen molar-refractivity contribution in [3.63, 3.8) is 0 Å². The van der Waals surface area contributed by atoms with Crippen molar-refractivity contribution in [2.45, 2.75) is 26.7 Å². The van der Waals surface area contributed by atoms with Crippen LogP contribution in [0.3, 0.4) is 0 Å². The molecule has 0 aromatic carbocycles. The number of nitrogens with zero attached hydrogens (tertiary/aromatic N) is 1. The standard InChI is InChI=1S/C9H17NO3S/c1-3-8(2)9(11)7-10-5-4-6-14(10,12)13/h8H,3-7H2,1-2H3. The van der Waals surface area contributed by atoms with E-state index >= 15 is 0 Å². The zero-order valence-electron chi connectivity index (χ0n) is 8.69. The van der Waals surface area contributed by atoms with Crippen LogP contribution in [0.5, 0.6) is 0 Å². The quantitative estimate of drug-likeness (QED) is 0.697. The van der Waals surface area contributed by atoms with Crippen molar-refractivity contribution >= 4 is 15.8 Å². The van der Waals surface area contributed by atoms with Crippen LogP contribution in [0.25, 0.3) is 0 Å². The first-order valence-electron chi connectivity index (χ1n) is 4.98. The highest BCUT2D eigenvalue weighted by Gasteiger charge is 2.30. The van der Waals surface area contributed by atoms with E-state index in [4.69, 9.17) is 0 Å². The molecule has 1 saturated heterocycles. The predicted molar refractivity (Wildman–Crippen MR) is 54.4 cm³/mol. The van der Waals surface area contributed by atoms with Gasteiger partial charge in [-0.25, -0.2) is 8.42 Å². The average molecular weight is 219 g/mol. The molecule has 0 aromatic heterocycles. The molecular formula is C9H17NO3S. The Morgan fingerprint density at radius 2 is 2.14 bits per heavy atom. The molecule has 0 spiro atoms. The Kier molecular flexibility index (Phi) is 3.66. The maximum atomic E-state index is 11.5. The van der Waals surface area contributed by atoms with Crippen molar-refractivity contribution in [2.24, 2.45) is 5.92 Å². The summed E-state index contributed by atoms with van der Waals surface area (Å²) in [5, 5.41) is 0. The highest BCUT2D eigenvalue weighted by molar-refractivity contribution is 7.89. The molecule has 1 rings (SSSR count). The van der Waals surface area contributed by atoms with Gasteiger partial charge in [-0.3, -0.25) is 4.79 Å². The largest absolute Gasteiger partial charge is 0.298 e. The molecule has 0 radical (unpaired) electrons. The van der Waals surface area contributed by atoms with E-state index < -0.39 is 10.0 Å². The van der Waals surface area contributed by atoms with Crippen molar-refractivity contribution in [1.82, 2.24) is 4.31 Å². The molecule has 1 atom stereocenters. The topological polar surface area (TPSA) is 54.5 Å². The monoisotopic (exact) mass is 219 g/mol. The van der Waals surface area contributed by atoms with Gasteiger partial charge in [0.2, 0.25) is 10.0 Å². The van der Waals surface area contributed by atoms with Crippen LogP contribution in [-0.4, -0.2) is 37.3 Å². The maximum absolute atomic E-state index is 11.5. The van der Waals surface area contributed by atoms with Crippen molar-refractivity contribution in [3.8, 4) is 0 Å². The van der Waals surface area contributed by atoms with E-state index in [1.54, 1.807) is 0 Å². The van der Waals surface area contributed by atoms with E-state index in [0.29, 0.717) is 13.0 Å². The first kappa shape index (κ1) is 11.7. The van der Waals surface area contributed by atoms with Gasteiger partial charge in [0.15, 0.2) is 5.78 Å². The first-order valence-corrected chi connectivity index (χ1v) is 6.59. The molecule has 4 nitrogen and oxygen atoms in total. The minimum atomic E-state index is -3.11. The number of ketones is 1. The lowest BCUT2D eigenvalue weighted by atomic mass is 10.0. The SMILES string of the molecule is CCC(C)C(=O)CN1CCCS1(=O)=O. The molecule has 0 bridgehead atoms. The van der Waals surface area contributed by atoms with Crippen molar-refractivity contribution < 1.29 is 13.2 Å². The third-order valence-corrected chi connectivity index (χ3v) is 4.60. The summed E-state index contributed by atoms with van der Waals surface area (Å²) in [6.07, 6.45) is 1.42. The lowest BCUT2D eigenvalue weighted by Gasteiger charge is -2.15. The molecule has 1 aliphatic rings. The normalized spacial score (nSPS) is 23.6. The molecule has 0 saturated carbocycles. The summed E-state index contributed by atoms with van der Waals surface area (Å²) in [7, 11) is -3.11. The minimum Gasteiger partial charge on any atom is -0.298 e. The van der Waals surface area contributed by atoms with Gasteiger partial charge in [-0.05, 0) is 12.8 Å². The van der Waals surface area contributed by atoms with Crippen LogP contribution in [0.15, 0.2) is 0 Å². The molecule has 0 amide bonds. The molecular weight excluding hydrogens is 202 g/mol. The second kappa shape index (κ2) is 4.40. The number of rotatable bonds is 4. The van der Waals surface area contributed by atoms with Crippen LogP contribution in [0.1, 0.15) is 26.7 Å². The van der Waals surface area contributed by atoms with Crippen LogP contribution in [-0.2, 0) is 14.8 Å². The summed E-state index contributed by atoms with van der Waals surface area (Å²) in [6.45, 7) is 4.34. The summed E-state index contributed by atoms with van der Waals surface area (Å²) in [6, 6.07) is 0. The molecule has 82 valence electrons.